The highest BCUT2D eigenvalue weighted by Crippen LogP contribution is 2.22. The Bertz CT molecular complexity index is 934. The number of hydrogen-bond acceptors (Lipinski definition) is 4. The third-order valence-corrected chi connectivity index (χ3v) is 6.88. The Morgan fingerprint density at radius 3 is 2.15 bits per heavy atom. The molecule has 2 aliphatic heterocycles. The maximum atomic E-state index is 12.6. The highest BCUT2D eigenvalue weighted by molar-refractivity contribution is 6.31. The molecule has 0 atom stereocenters. The number of nitrogens with one attached hydrogen (secondary N) is 1. The van der Waals surface area contributed by atoms with Crippen molar-refractivity contribution >= 4 is 34.8 Å². The van der Waals surface area contributed by atoms with Crippen LogP contribution >= 0.6 is 11.6 Å². The van der Waals surface area contributed by atoms with Gasteiger partial charge in [0.1, 0.15) is 0 Å². The number of carbonyl (C=O) groups is 2. The molecule has 0 saturated carbocycles. The molecule has 0 unspecified atom stereocenters. The zero-order valence-electron chi connectivity index (χ0n) is 19.1. The second-order valence-corrected chi connectivity index (χ2v) is 9.33. The Kier molecular flexibility index (Phi) is 8.24. The van der Waals surface area contributed by atoms with Gasteiger partial charge in [0.2, 0.25) is 11.8 Å². The molecule has 2 aromatic rings. The zero-order chi connectivity index (χ0) is 23.0. The van der Waals surface area contributed by atoms with Crippen molar-refractivity contribution in [2.75, 3.05) is 56.0 Å². The number of amides is 2. The van der Waals surface area contributed by atoms with Crippen LogP contribution in [0.4, 0.5) is 11.4 Å². The summed E-state index contributed by atoms with van der Waals surface area (Å²) < 4.78 is 0. The van der Waals surface area contributed by atoms with Gasteiger partial charge in [0.05, 0.1) is 13.0 Å². The number of carbonyl (C=O) groups excluding carboxylic acids is 2. The summed E-state index contributed by atoms with van der Waals surface area (Å²) >= 11 is 6.18. The van der Waals surface area contributed by atoms with E-state index in [-0.39, 0.29) is 11.8 Å². The Morgan fingerprint density at radius 2 is 1.48 bits per heavy atom. The van der Waals surface area contributed by atoms with E-state index in [2.05, 4.69) is 27.2 Å². The summed E-state index contributed by atoms with van der Waals surface area (Å²) in [4.78, 5) is 31.6. The molecule has 0 aliphatic carbocycles. The summed E-state index contributed by atoms with van der Waals surface area (Å²) in [5.74, 6) is 0.0602. The molecule has 7 heteroatoms. The van der Waals surface area contributed by atoms with E-state index < -0.39 is 0 Å². The van der Waals surface area contributed by atoms with E-state index in [1.165, 1.54) is 31.4 Å². The van der Waals surface area contributed by atoms with Gasteiger partial charge in [0.15, 0.2) is 0 Å². The summed E-state index contributed by atoms with van der Waals surface area (Å²) in [6.07, 6.45) is 5.44. The fourth-order valence-corrected chi connectivity index (χ4v) is 4.76. The average molecular weight is 469 g/mol. The quantitative estimate of drug-likeness (QED) is 0.695. The van der Waals surface area contributed by atoms with Gasteiger partial charge in [-0.1, -0.05) is 42.6 Å². The molecular formula is C26H33ClN4O2. The van der Waals surface area contributed by atoms with E-state index in [1.54, 1.807) is 0 Å². The molecule has 2 aliphatic rings. The molecule has 4 rings (SSSR count). The lowest BCUT2D eigenvalue weighted by Gasteiger charge is -2.34. The van der Waals surface area contributed by atoms with Gasteiger partial charge in [-0.05, 0) is 48.7 Å². The summed E-state index contributed by atoms with van der Waals surface area (Å²) in [5, 5.41) is 3.64. The van der Waals surface area contributed by atoms with Crippen LogP contribution in [0, 0.1) is 0 Å². The molecule has 2 fully saturated rings. The summed E-state index contributed by atoms with van der Waals surface area (Å²) in [6, 6.07) is 15.6. The Morgan fingerprint density at radius 1 is 0.818 bits per heavy atom. The fraction of sp³-hybridized carbons (Fsp3) is 0.462. The minimum Gasteiger partial charge on any atom is -0.372 e. The molecule has 1 N–H and O–H groups in total. The standard InChI is InChI=1S/C26H33ClN4O2/c27-24-8-4-3-7-21(24)19-26(33)31-17-15-29(16-18-31)20-25(32)28-22-9-11-23(12-10-22)30-13-5-1-2-6-14-30/h3-4,7-12H,1-2,5-6,13-20H2,(H,28,32). The zero-order valence-corrected chi connectivity index (χ0v) is 19.9. The van der Waals surface area contributed by atoms with E-state index in [0.29, 0.717) is 44.2 Å². The monoisotopic (exact) mass is 468 g/mol. The normalized spacial score (nSPS) is 17.5. The summed E-state index contributed by atoms with van der Waals surface area (Å²) in [6.45, 7) is 5.19. The maximum absolute atomic E-state index is 12.6. The number of nitrogens with zero attached hydrogens (tertiary/aromatic N) is 3. The fourth-order valence-electron chi connectivity index (χ4n) is 4.56. The van der Waals surface area contributed by atoms with Crippen LogP contribution < -0.4 is 10.2 Å². The average Bonchev–Trinajstić information content (AvgIpc) is 3.11. The molecule has 0 spiro atoms. The van der Waals surface area contributed by atoms with Crippen molar-refractivity contribution in [3.05, 3.63) is 59.1 Å². The summed E-state index contributed by atoms with van der Waals surface area (Å²) in [7, 11) is 0. The van der Waals surface area contributed by atoms with Gasteiger partial charge in [-0.25, -0.2) is 0 Å². The molecule has 33 heavy (non-hydrogen) atoms. The minimum atomic E-state index is -0.0200. The Labute approximate surface area is 201 Å². The van der Waals surface area contributed by atoms with Crippen molar-refractivity contribution in [2.45, 2.75) is 32.1 Å². The van der Waals surface area contributed by atoms with Crippen LogP contribution in [0.15, 0.2) is 48.5 Å². The van der Waals surface area contributed by atoms with E-state index in [4.69, 9.17) is 11.6 Å². The third kappa shape index (κ3) is 6.71. The molecule has 6 nitrogen and oxygen atoms in total. The molecule has 0 bridgehead atoms. The lowest BCUT2D eigenvalue weighted by atomic mass is 10.1. The van der Waals surface area contributed by atoms with Crippen LogP contribution in [0.1, 0.15) is 31.2 Å². The highest BCUT2D eigenvalue weighted by Gasteiger charge is 2.23. The predicted molar refractivity (Wildman–Crippen MR) is 134 cm³/mol. The number of piperazine rings is 1. The molecule has 2 saturated heterocycles. The van der Waals surface area contributed by atoms with E-state index in [1.807, 2.05) is 41.3 Å². The first kappa shape index (κ1) is 23.6. The Hall–Kier alpha value is -2.57. The molecule has 2 heterocycles. The van der Waals surface area contributed by atoms with Crippen LogP contribution in [0.2, 0.25) is 5.02 Å². The van der Waals surface area contributed by atoms with Gasteiger partial charge in [-0.2, -0.15) is 0 Å². The van der Waals surface area contributed by atoms with E-state index >= 15 is 0 Å². The van der Waals surface area contributed by atoms with Crippen molar-refractivity contribution in [1.82, 2.24) is 9.80 Å². The number of halogens is 1. The van der Waals surface area contributed by atoms with Crippen molar-refractivity contribution in [1.29, 1.82) is 0 Å². The third-order valence-electron chi connectivity index (χ3n) is 6.51. The van der Waals surface area contributed by atoms with Crippen molar-refractivity contribution in [2.24, 2.45) is 0 Å². The van der Waals surface area contributed by atoms with Gasteiger partial charge in [0, 0.05) is 55.7 Å². The smallest absolute Gasteiger partial charge is 0.238 e. The molecular weight excluding hydrogens is 436 g/mol. The molecule has 0 aromatic heterocycles. The van der Waals surface area contributed by atoms with Gasteiger partial charge in [-0.3, -0.25) is 14.5 Å². The lowest BCUT2D eigenvalue weighted by molar-refractivity contribution is -0.132. The van der Waals surface area contributed by atoms with Crippen molar-refractivity contribution < 1.29 is 9.59 Å². The minimum absolute atomic E-state index is 0.0200. The largest absolute Gasteiger partial charge is 0.372 e. The van der Waals surface area contributed by atoms with Gasteiger partial charge in [0.25, 0.3) is 0 Å². The number of anilines is 2. The SMILES string of the molecule is O=C(CN1CCN(C(=O)Cc2ccccc2Cl)CC1)Nc1ccc(N2CCCCCC2)cc1. The van der Waals surface area contributed by atoms with E-state index in [0.717, 1.165) is 24.3 Å². The number of benzene rings is 2. The summed E-state index contributed by atoms with van der Waals surface area (Å²) in [5.41, 5.74) is 2.91. The van der Waals surface area contributed by atoms with Crippen LogP contribution in [-0.2, 0) is 16.0 Å². The number of rotatable bonds is 6. The van der Waals surface area contributed by atoms with Crippen LogP contribution in [0.3, 0.4) is 0 Å². The first-order valence-electron chi connectivity index (χ1n) is 12.0. The number of hydrogen-bond donors (Lipinski definition) is 1. The van der Waals surface area contributed by atoms with Gasteiger partial charge in [-0.15, -0.1) is 0 Å². The highest BCUT2D eigenvalue weighted by atomic mass is 35.5. The van der Waals surface area contributed by atoms with Gasteiger partial charge >= 0.3 is 0 Å². The van der Waals surface area contributed by atoms with Crippen molar-refractivity contribution in [3.8, 4) is 0 Å². The van der Waals surface area contributed by atoms with Crippen LogP contribution in [0.25, 0.3) is 0 Å². The first-order valence-corrected chi connectivity index (χ1v) is 12.3. The van der Waals surface area contributed by atoms with Crippen LogP contribution in [0.5, 0.6) is 0 Å². The predicted octanol–water partition coefficient (Wildman–Crippen LogP) is 4.05. The van der Waals surface area contributed by atoms with E-state index in [9.17, 15) is 9.59 Å². The first-order chi connectivity index (χ1) is 16.1. The van der Waals surface area contributed by atoms with Crippen LogP contribution in [-0.4, -0.2) is 67.4 Å². The van der Waals surface area contributed by atoms with Crippen molar-refractivity contribution in [3.63, 3.8) is 0 Å². The second kappa shape index (κ2) is 11.5. The molecule has 2 aromatic carbocycles. The Balaban J connectivity index is 1.20. The molecule has 2 amide bonds. The second-order valence-electron chi connectivity index (χ2n) is 8.92. The molecule has 0 radical (unpaired) electrons. The molecule has 176 valence electrons. The maximum Gasteiger partial charge on any atom is 0.238 e. The lowest BCUT2D eigenvalue weighted by Crippen LogP contribution is -2.50. The topological polar surface area (TPSA) is 55.9 Å². The van der Waals surface area contributed by atoms with Gasteiger partial charge < -0.3 is 15.1 Å².